The van der Waals surface area contributed by atoms with E-state index in [2.05, 4.69) is 16.6 Å². The number of carbonyl (C=O) groups excluding carboxylic acids is 1. The van der Waals surface area contributed by atoms with Crippen LogP contribution in [0.2, 0.25) is 0 Å². The fourth-order valence-electron chi connectivity index (χ4n) is 4.57. The molecule has 0 amide bonds. The fraction of sp³-hybridized carbons (Fsp3) is 0.792. The maximum absolute atomic E-state index is 11.1. The van der Waals surface area contributed by atoms with Crippen molar-refractivity contribution in [2.75, 3.05) is 7.11 Å². The van der Waals surface area contributed by atoms with Crippen molar-refractivity contribution in [2.24, 2.45) is 17.8 Å². The van der Waals surface area contributed by atoms with E-state index in [1.165, 1.54) is 39.2 Å². The lowest BCUT2D eigenvalue weighted by atomic mass is 9.85. The zero-order chi connectivity index (χ0) is 21.1. The molecule has 3 N–H and O–H groups in total. The predicted octanol–water partition coefficient (Wildman–Crippen LogP) is 3.36. The normalized spacial score (nSPS) is 28.8. The Hall–Kier alpha value is -1.35. The summed E-state index contributed by atoms with van der Waals surface area (Å²) >= 11 is 0. The lowest BCUT2D eigenvalue weighted by molar-refractivity contribution is -0.140. The van der Waals surface area contributed by atoms with Crippen molar-refractivity contribution in [1.82, 2.24) is 0 Å². The molecule has 0 aromatic rings. The summed E-state index contributed by atoms with van der Waals surface area (Å²) in [5.41, 5.74) is 0. The summed E-state index contributed by atoms with van der Waals surface area (Å²) in [5.74, 6) is 6.08. The second-order valence-corrected chi connectivity index (χ2v) is 8.62. The van der Waals surface area contributed by atoms with E-state index in [0.29, 0.717) is 25.7 Å². The number of rotatable bonds is 9. The van der Waals surface area contributed by atoms with Gasteiger partial charge in [-0.3, -0.25) is 4.79 Å². The molecule has 2 fully saturated rings. The number of unbranched alkanes of at least 4 members (excludes halogenated alkanes) is 1. The molecule has 5 heteroatoms. The Bertz CT molecular complexity index is 570. The van der Waals surface area contributed by atoms with Crippen LogP contribution in [0.1, 0.15) is 77.0 Å². The number of aliphatic hydroxyl groups excluding tert-OH is 3. The number of carbonyl (C=O) groups is 1. The van der Waals surface area contributed by atoms with Gasteiger partial charge in [0, 0.05) is 18.8 Å². The predicted molar refractivity (Wildman–Crippen MR) is 113 cm³/mol. The first-order valence-electron chi connectivity index (χ1n) is 11.3. The molecule has 0 spiro atoms. The maximum atomic E-state index is 11.1. The van der Waals surface area contributed by atoms with Crippen molar-refractivity contribution in [3.63, 3.8) is 0 Å². The van der Waals surface area contributed by atoms with Crippen LogP contribution in [-0.4, -0.2) is 46.7 Å². The molecule has 2 aliphatic carbocycles. The van der Waals surface area contributed by atoms with E-state index in [1.54, 1.807) is 0 Å². The van der Waals surface area contributed by atoms with Crippen LogP contribution in [0.3, 0.4) is 0 Å². The number of aliphatic hydroxyl groups is 3. The standard InChI is InChI=1S/C24H38O5/c1-29-24(28)12-8-3-2-7-11-20-21(23(27)17-22(20)26)16-15-19(25)14-13-18-9-5-4-6-10-18/h2,7,18-23,25-27H,3-6,8-14,17H2,1H3/b7-2+/t19-,20+,21?,22-,23+/m0/s1. The number of allylic oxidation sites excluding steroid dienone is 2. The third-order valence-electron chi connectivity index (χ3n) is 6.40. The Morgan fingerprint density at radius 3 is 2.66 bits per heavy atom. The molecule has 0 aliphatic heterocycles. The first-order valence-corrected chi connectivity index (χ1v) is 11.3. The Kier molecular flexibility index (Phi) is 10.8. The van der Waals surface area contributed by atoms with Gasteiger partial charge in [0.15, 0.2) is 0 Å². The molecule has 2 aliphatic rings. The average molecular weight is 407 g/mol. The quantitative estimate of drug-likeness (QED) is 0.237. The van der Waals surface area contributed by atoms with Crippen molar-refractivity contribution in [2.45, 2.75) is 95.4 Å². The maximum Gasteiger partial charge on any atom is 0.305 e. The Morgan fingerprint density at radius 1 is 1.17 bits per heavy atom. The van der Waals surface area contributed by atoms with Gasteiger partial charge in [-0.15, -0.1) is 0 Å². The van der Waals surface area contributed by atoms with E-state index in [1.807, 2.05) is 12.2 Å². The van der Waals surface area contributed by atoms with Crippen LogP contribution < -0.4 is 0 Å². The van der Waals surface area contributed by atoms with E-state index < -0.39 is 18.3 Å². The summed E-state index contributed by atoms with van der Waals surface area (Å²) in [6.07, 6.45) is 13.2. The van der Waals surface area contributed by atoms with Crippen molar-refractivity contribution >= 4 is 5.97 Å². The molecule has 0 aromatic carbocycles. The largest absolute Gasteiger partial charge is 0.469 e. The summed E-state index contributed by atoms with van der Waals surface area (Å²) < 4.78 is 4.62. The Balaban J connectivity index is 1.78. The molecule has 0 aromatic heterocycles. The van der Waals surface area contributed by atoms with Crippen molar-refractivity contribution < 1.29 is 24.9 Å². The lowest BCUT2D eigenvalue weighted by Crippen LogP contribution is -2.21. The Morgan fingerprint density at radius 2 is 1.93 bits per heavy atom. The van der Waals surface area contributed by atoms with Crippen LogP contribution in [0.5, 0.6) is 0 Å². The topological polar surface area (TPSA) is 87.0 Å². The van der Waals surface area contributed by atoms with E-state index in [9.17, 15) is 20.1 Å². The molecular weight excluding hydrogens is 368 g/mol. The Labute approximate surface area is 175 Å². The lowest BCUT2D eigenvalue weighted by Gasteiger charge is -2.21. The van der Waals surface area contributed by atoms with Gasteiger partial charge >= 0.3 is 5.97 Å². The van der Waals surface area contributed by atoms with E-state index in [-0.39, 0.29) is 17.8 Å². The van der Waals surface area contributed by atoms with Crippen LogP contribution in [0.25, 0.3) is 0 Å². The highest BCUT2D eigenvalue weighted by Gasteiger charge is 2.40. The van der Waals surface area contributed by atoms with Gasteiger partial charge in [0.1, 0.15) is 6.10 Å². The summed E-state index contributed by atoms with van der Waals surface area (Å²) in [5, 5.41) is 30.8. The molecule has 2 rings (SSSR count). The zero-order valence-corrected chi connectivity index (χ0v) is 17.8. The molecule has 2 saturated carbocycles. The fourth-order valence-corrected chi connectivity index (χ4v) is 4.57. The summed E-state index contributed by atoms with van der Waals surface area (Å²) in [4.78, 5) is 11.1. The molecule has 5 nitrogen and oxygen atoms in total. The highest BCUT2D eigenvalue weighted by atomic mass is 16.5. The van der Waals surface area contributed by atoms with Crippen LogP contribution in [0.15, 0.2) is 12.2 Å². The molecule has 0 heterocycles. The monoisotopic (exact) mass is 406 g/mol. The summed E-state index contributed by atoms with van der Waals surface area (Å²) in [6, 6.07) is 0. The van der Waals surface area contributed by atoms with Gasteiger partial charge in [-0.2, -0.15) is 0 Å². The second kappa shape index (κ2) is 13.1. The molecule has 164 valence electrons. The van der Waals surface area contributed by atoms with Crippen LogP contribution >= 0.6 is 0 Å². The van der Waals surface area contributed by atoms with Crippen LogP contribution in [-0.2, 0) is 9.53 Å². The summed E-state index contributed by atoms with van der Waals surface area (Å²) in [7, 11) is 1.39. The molecule has 1 unspecified atom stereocenters. The molecule has 0 bridgehead atoms. The SMILES string of the molecule is COC(=O)CCC/C=C/C[C@@H]1C(C#C[C@@H](O)CCC2CCCCC2)[C@H](O)C[C@@H]1O. The third-order valence-corrected chi connectivity index (χ3v) is 6.40. The van der Waals surface area contributed by atoms with Gasteiger partial charge in [-0.05, 0) is 38.0 Å². The molecular formula is C24H38O5. The molecule has 0 saturated heterocycles. The van der Waals surface area contributed by atoms with Crippen molar-refractivity contribution in [3.05, 3.63) is 12.2 Å². The highest BCUT2D eigenvalue weighted by Crippen LogP contribution is 2.35. The molecule has 0 radical (unpaired) electrons. The smallest absolute Gasteiger partial charge is 0.305 e. The first-order chi connectivity index (χ1) is 14.0. The van der Waals surface area contributed by atoms with E-state index in [0.717, 1.165) is 25.2 Å². The highest BCUT2D eigenvalue weighted by molar-refractivity contribution is 5.69. The first kappa shape index (κ1) is 23.9. The minimum absolute atomic E-state index is 0.125. The van der Waals surface area contributed by atoms with Crippen molar-refractivity contribution in [3.8, 4) is 11.8 Å². The van der Waals surface area contributed by atoms with E-state index >= 15 is 0 Å². The summed E-state index contributed by atoms with van der Waals surface area (Å²) in [6.45, 7) is 0. The van der Waals surface area contributed by atoms with Gasteiger partial charge < -0.3 is 20.1 Å². The zero-order valence-electron chi connectivity index (χ0n) is 17.8. The van der Waals surface area contributed by atoms with Gasteiger partial charge in [0.25, 0.3) is 0 Å². The van der Waals surface area contributed by atoms with Gasteiger partial charge in [0.2, 0.25) is 0 Å². The molecule has 5 atom stereocenters. The van der Waals surface area contributed by atoms with Crippen molar-refractivity contribution in [1.29, 1.82) is 0 Å². The van der Waals surface area contributed by atoms with Gasteiger partial charge in [-0.25, -0.2) is 0 Å². The average Bonchev–Trinajstić information content (AvgIpc) is 3.00. The van der Waals surface area contributed by atoms with Gasteiger partial charge in [0.05, 0.1) is 25.2 Å². The number of methoxy groups -OCH3 is 1. The number of hydrogen-bond donors (Lipinski definition) is 3. The minimum atomic E-state index is -0.656. The van der Waals surface area contributed by atoms with Crippen LogP contribution in [0.4, 0.5) is 0 Å². The number of hydrogen-bond acceptors (Lipinski definition) is 5. The second-order valence-electron chi connectivity index (χ2n) is 8.62. The molecule has 29 heavy (non-hydrogen) atoms. The van der Waals surface area contributed by atoms with Crippen LogP contribution in [0, 0.1) is 29.6 Å². The minimum Gasteiger partial charge on any atom is -0.469 e. The third kappa shape index (κ3) is 8.50. The number of esters is 1. The van der Waals surface area contributed by atoms with E-state index in [4.69, 9.17) is 0 Å². The number of ether oxygens (including phenoxy) is 1. The van der Waals surface area contributed by atoms with Gasteiger partial charge in [-0.1, -0.05) is 56.1 Å².